The van der Waals surface area contributed by atoms with Crippen molar-refractivity contribution >= 4 is 52.2 Å². The third-order valence-corrected chi connectivity index (χ3v) is 10.2. The van der Waals surface area contributed by atoms with Crippen molar-refractivity contribution in [3.8, 4) is 44.5 Å². The molecule has 0 bridgehead atoms. The lowest BCUT2D eigenvalue weighted by Crippen LogP contribution is -1.80. The van der Waals surface area contributed by atoms with Gasteiger partial charge >= 0.3 is 0 Å². The summed E-state index contributed by atoms with van der Waals surface area (Å²) >= 11 is 3.84. The molecule has 6 aromatic carbocycles. The second kappa shape index (κ2) is 10.5. The first-order valence-electron chi connectivity index (χ1n) is 13.5. The van der Waals surface area contributed by atoms with E-state index in [4.69, 9.17) is 0 Å². The van der Waals surface area contributed by atoms with Gasteiger partial charge in [0.25, 0.3) is 0 Å². The van der Waals surface area contributed by atoms with Crippen LogP contribution >= 0.6 is 22.7 Å². The van der Waals surface area contributed by atoms with Crippen molar-refractivity contribution in [2.75, 3.05) is 0 Å². The third kappa shape index (κ3) is 4.56. The van der Waals surface area contributed by atoms with Crippen LogP contribution in [0.4, 0.5) is 0 Å². The van der Waals surface area contributed by atoms with E-state index in [0.29, 0.717) is 0 Å². The van der Waals surface area contributed by atoms with Gasteiger partial charge < -0.3 is 0 Å². The van der Waals surface area contributed by atoms with Gasteiger partial charge in [0.15, 0.2) is 0 Å². The van der Waals surface area contributed by atoms with Gasteiger partial charge in [0.2, 0.25) is 0 Å². The summed E-state index contributed by atoms with van der Waals surface area (Å²) < 4.78 is 5.51. The van der Waals surface area contributed by atoms with Crippen LogP contribution in [-0.4, -0.2) is 0 Å². The molecule has 8 aromatic rings. The minimum atomic E-state index is 0. The van der Waals surface area contributed by atoms with E-state index in [9.17, 15) is 0 Å². The molecule has 0 N–H and O–H groups in total. The van der Waals surface area contributed by atoms with Crippen LogP contribution in [0.1, 0.15) is 7.43 Å². The molecule has 41 heavy (non-hydrogen) atoms. The largest absolute Gasteiger partial charge is 0.134 e. The Balaban J connectivity index is 0.00000276. The molecular weight excluding hydrogens is 533 g/mol. The van der Waals surface area contributed by atoms with E-state index in [0.717, 1.165) is 0 Å². The average Bonchev–Trinajstić information content (AvgIpc) is 3.57. The first kappa shape index (κ1) is 25.5. The molecule has 0 spiro atoms. The summed E-state index contributed by atoms with van der Waals surface area (Å²) in [6, 6.07) is 52.9. The zero-order valence-electron chi connectivity index (χ0n) is 21.7. The maximum atomic E-state index is 2.36. The second-order valence-electron chi connectivity index (χ2n) is 10.2. The summed E-state index contributed by atoms with van der Waals surface area (Å²) in [5.41, 5.74) is 10.1. The highest BCUT2D eigenvalue weighted by Crippen LogP contribution is 2.46. The predicted octanol–water partition coefficient (Wildman–Crippen LogP) is 12.6. The van der Waals surface area contributed by atoms with Gasteiger partial charge in [0.05, 0.1) is 9.40 Å². The second-order valence-corrected chi connectivity index (χ2v) is 12.3. The molecule has 8 rings (SSSR count). The Morgan fingerprint density at radius 1 is 0.293 bits per heavy atom. The monoisotopic (exact) mass is 560 g/mol. The molecule has 2 heteroatoms. The summed E-state index contributed by atoms with van der Waals surface area (Å²) in [7, 11) is 0. The summed E-state index contributed by atoms with van der Waals surface area (Å²) in [4.78, 5) is 0. The van der Waals surface area contributed by atoms with Gasteiger partial charge in [-0.25, -0.2) is 0 Å². The molecule has 2 aromatic heterocycles. The highest BCUT2D eigenvalue weighted by Gasteiger charge is 2.14. The molecule has 0 amide bonds. The summed E-state index contributed by atoms with van der Waals surface area (Å²) in [5.74, 6) is 0. The van der Waals surface area contributed by atoms with E-state index in [1.54, 1.807) is 0 Å². The van der Waals surface area contributed by atoms with Crippen LogP contribution in [0.3, 0.4) is 0 Å². The summed E-state index contributed by atoms with van der Waals surface area (Å²) in [5, 5.41) is 2.72. The molecule has 0 saturated heterocycles. The lowest BCUT2D eigenvalue weighted by Gasteiger charge is -2.06. The molecule has 0 fully saturated rings. The number of benzene rings is 6. The third-order valence-electron chi connectivity index (χ3n) is 7.73. The quantitative estimate of drug-likeness (QED) is 0.201. The smallest absolute Gasteiger partial charge is 0.0542 e. The minimum absolute atomic E-state index is 0. The highest BCUT2D eigenvalue weighted by molar-refractivity contribution is 7.36. The Morgan fingerprint density at radius 2 is 0.585 bits per heavy atom. The molecule has 0 atom stereocenters. The van der Waals surface area contributed by atoms with Crippen molar-refractivity contribution in [2.45, 2.75) is 7.43 Å². The molecule has 0 aliphatic rings. The number of fused-ring (bicyclic) bond motifs is 5. The first-order valence-corrected chi connectivity index (χ1v) is 15.1. The topological polar surface area (TPSA) is 0 Å². The van der Waals surface area contributed by atoms with E-state index in [1.165, 1.54) is 74.1 Å². The van der Waals surface area contributed by atoms with E-state index in [-0.39, 0.29) is 7.43 Å². The van der Waals surface area contributed by atoms with Gasteiger partial charge in [-0.3, -0.25) is 0 Å². The highest BCUT2D eigenvalue weighted by atomic mass is 32.1. The predicted molar refractivity (Wildman–Crippen MR) is 183 cm³/mol. The van der Waals surface area contributed by atoms with Gasteiger partial charge in [-0.2, -0.15) is 0 Å². The lowest BCUT2D eigenvalue weighted by atomic mass is 10.00. The number of hydrogen-bond acceptors (Lipinski definition) is 2. The number of rotatable bonds is 4. The van der Waals surface area contributed by atoms with Crippen LogP contribution in [-0.2, 0) is 0 Å². The molecule has 196 valence electrons. The molecule has 0 radical (unpaired) electrons. The van der Waals surface area contributed by atoms with Crippen LogP contribution in [0, 0.1) is 0 Å². The molecule has 2 heterocycles. The Hall–Kier alpha value is -4.50. The van der Waals surface area contributed by atoms with Crippen molar-refractivity contribution in [1.82, 2.24) is 0 Å². The van der Waals surface area contributed by atoms with Crippen LogP contribution < -0.4 is 0 Å². The Labute approximate surface area is 248 Å². The van der Waals surface area contributed by atoms with Crippen LogP contribution in [0.15, 0.2) is 146 Å². The van der Waals surface area contributed by atoms with Crippen molar-refractivity contribution < 1.29 is 0 Å². The van der Waals surface area contributed by atoms with Crippen LogP contribution in [0.5, 0.6) is 0 Å². The number of hydrogen-bond donors (Lipinski definition) is 0. The average molecular weight is 561 g/mol. The maximum Gasteiger partial charge on any atom is 0.0542 e. The number of thiophene rings is 2. The Bertz CT molecular complexity index is 1960. The fourth-order valence-electron chi connectivity index (χ4n) is 5.59. The van der Waals surface area contributed by atoms with Crippen LogP contribution in [0.2, 0.25) is 0 Å². The zero-order valence-corrected chi connectivity index (χ0v) is 23.3. The maximum absolute atomic E-state index is 2.36. The van der Waals surface area contributed by atoms with Crippen molar-refractivity contribution in [3.05, 3.63) is 146 Å². The van der Waals surface area contributed by atoms with Gasteiger partial charge in [0.1, 0.15) is 0 Å². The molecule has 0 aliphatic carbocycles. The van der Waals surface area contributed by atoms with Crippen LogP contribution in [0.25, 0.3) is 74.1 Å². The zero-order chi connectivity index (χ0) is 26.5. The standard InChI is InChI=1S/C38H24S2.CH4/c1-3-7-25(8-4-1)27-11-15-29(16-12-27)31-19-21-33-35(23-31)39-38-34-22-20-32(24-36(34)40-37(33)38)30-17-13-28(14-18-30)26-9-5-2-6-10-26;/h1-24H;1H4. The molecule has 0 saturated carbocycles. The summed E-state index contributed by atoms with van der Waals surface area (Å²) in [6.45, 7) is 0. The fraction of sp³-hybridized carbons (Fsp3) is 0.0256. The molecular formula is C39H28S2. The van der Waals surface area contributed by atoms with Gasteiger partial charge in [-0.05, 0) is 56.6 Å². The summed E-state index contributed by atoms with van der Waals surface area (Å²) in [6.07, 6.45) is 0. The molecule has 0 aliphatic heterocycles. The van der Waals surface area contributed by atoms with Gasteiger partial charge in [-0.15, -0.1) is 22.7 Å². The van der Waals surface area contributed by atoms with Gasteiger partial charge in [-0.1, -0.05) is 141 Å². The lowest BCUT2D eigenvalue weighted by molar-refractivity contribution is 1.60. The SMILES string of the molecule is C.c1ccc(-c2ccc(-c3ccc4c(c3)sc3c5ccc(-c6ccc(-c7ccccc7)cc6)cc5sc43)cc2)cc1. The van der Waals surface area contributed by atoms with E-state index >= 15 is 0 Å². The molecule has 0 unspecified atom stereocenters. The first-order chi connectivity index (χ1) is 19.8. The Kier molecular flexibility index (Phi) is 6.51. The van der Waals surface area contributed by atoms with E-state index < -0.39 is 0 Å². The van der Waals surface area contributed by atoms with Crippen molar-refractivity contribution in [1.29, 1.82) is 0 Å². The van der Waals surface area contributed by atoms with E-state index in [2.05, 4.69) is 146 Å². The Morgan fingerprint density at radius 3 is 0.951 bits per heavy atom. The van der Waals surface area contributed by atoms with Crippen molar-refractivity contribution in [2.24, 2.45) is 0 Å². The minimum Gasteiger partial charge on any atom is -0.134 e. The molecule has 0 nitrogen and oxygen atoms in total. The van der Waals surface area contributed by atoms with Crippen molar-refractivity contribution in [3.63, 3.8) is 0 Å². The van der Waals surface area contributed by atoms with E-state index in [1.807, 2.05) is 22.7 Å². The fourth-order valence-corrected chi connectivity index (χ4v) is 8.32. The normalized spacial score (nSPS) is 11.2. The van der Waals surface area contributed by atoms with Gasteiger partial charge in [0, 0.05) is 20.2 Å².